The lowest BCUT2D eigenvalue weighted by molar-refractivity contribution is -0.134. The van der Waals surface area contributed by atoms with Crippen LogP contribution in [-0.4, -0.2) is 78.8 Å². The molecule has 34 heavy (non-hydrogen) atoms. The second-order valence-electron chi connectivity index (χ2n) is 9.74. The average molecular weight is 519 g/mol. The molecular weight excluding hydrogens is 468 g/mol. The van der Waals surface area contributed by atoms with E-state index in [0.29, 0.717) is 25.0 Å². The van der Waals surface area contributed by atoms with Crippen LogP contribution in [0.4, 0.5) is 0 Å². The fraction of sp³-hybridized carbons (Fsp3) is 0.923. The summed E-state index contributed by atoms with van der Waals surface area (Å²) in [6.07, 6.45) is 6.56. The van der Waals surface area contributed by atoms with Gasteiger partial charge in [-0.1, -0.05) is 34.6 Å². The van der Waals surface area contributed by atoms with E-state index < -0.39 is 0 Å². The molecule has 2 unspecified atom stereocenters. The molecule has 1 aliphatic rings. The van der Waals surface area contributed by atoms with Crippen LogP contribution in [0.1, 0.15) is 80.1 Å². The summed E-state index contributed by atoms with van der Waals surface area (Å²) in [6, 6.07) is 0. The van der Waals surface area contributed by atoms with Gasteiger partial charge in [-0.3, -0.25) is 9.59 Å². The van der Waals surface area contributed by atoms with Crippen LogP contribution in [0.3, 0.4) is 0 Å². The molecule has 0 aliphatic heterocycles. The van der Waals surface area contributed by atoms with Crippen molar-refractivity contribution in [2.75, 3.05) is 51.0 Å². The minimum Gasteiger partial charge on any atom is -0.371 e. The number of amides is 1. The zero-order valence-corrected chi connectivity index (χ0v) is 24.1. The summed E-state index contributed by atoms with van der Waals surface area (Å²) < 4.78 is 10.8. The zero-order valence-electron chi connectivity index (χ0n) is 22.5. The number of hydrogen-bond acceptors (Lipinski definition) is 7. The van der Waals surface area contributed by atoms with E-state index in [1.807, 2.05) is 32.5 Å². The smallest absolute Gasteiger partial charge is 0.246 e. The van der Waals surface area contributed by atoms with Crippen molar-refractivity contribution in [2.45, 2.75) is 96.1 Å². The van der Waals surface area contributed by atoms with E-state index in [1.54, 1.807) is 0 Å². The highest BCUT2D eigenvalue weighted by molar-refractivity contribution is 8.04. The van der Waals surface area contributed by atoms with Crippen LogP contribution in [0, 0.1) is 5.41 Å². The quantitative estimate of drug-likeness (QED) is 0.213. The van der Waals surface area contributed by atoms with Crippen molar-refractivity contribution < 1.29 is 19.1 Å². The Balaban J connectivity index is 2.01. The summed E-state index contributed by atoms with van der Waals surface area (Å²) in [5.41, 5.74) is -0.0344. The maximum absolute atomic E-state index is 12.2. The third kappa shape index (κ3) is 11.6. The fourth-order valence-corrected chi connectivity index (χ4v) is 6.42. The Hall–Kier alpha value is -0.280. The van der Waals surface area contributed by atoms with Crippen LogP contribution in [0.2, 0.25) is 0 Å². The topological polar surface area (TPSA) is 76.7 Å². The van der Waals surface area contributed by atoms with Gasteiger partial charge in [0.15, 0.2) is 5.78 Å². The molecule has 1 amide bonds. The lowest BCUT2D eigenvalue weighted by atomic mass is 9.81. The highest BCUT2D eigenvalue weighted by Crippen LogP contribution is 2.39. The maximum Gasteiger partial charge on any atom is 0.246 e. The fourth-order valence-electron chi connectivity index (χ4n) is 3.60. The molecule has 8 heteroatoms. The Kier molecular flexibility index (Phi) is 16.1. The van der Waals surface area contributed by atoms with E-state index >= 15 is 0 Å². The Morgan fingerprint density at radius 3 is 1.85 bits per heavy atom. The molecule has 1 fully saturated rings. The summed E-state index contributed by atoms with van der Waals surface area (Å²) in [7, 11) is 0. The third-order valence-corrected chi connectivity index (χ3v) is 10.6. The number of carbonyl (C=O) groups is 2. The predicted molar refractivity (Wildman–Crippen MR) is 147 cm³/mol. The molecule has 0 bridgehead atoms. The number of carbonyl (C=O) groups excluding carboxylic acids is 2. The molecule has 1 saturated carbocycles. The van der Waals surface area contributed by atoms with Gasteiger partial charge in [-0.05, 0) is 45.4 Å². The lowest BCUT2D eigenvalue weighted by Gasteiger charge is -2.36. The van der Waals surface area contributed by atoms with Gasteiger partial charge in [0.05, 0.1) is 13.2 Å². The summed E-state index contributed by atoms with van der Waals surface area (Å²) in [5, 5.41) is 8.10. The average Bonchev–Trinajstić information content (AvgIpc) is 2.84. The number of ketones is 1. The first-order valence-corrected chi connectivity index (χ1v) is 15.3. The molecule has 0 heterocycles. The van der Waals surface area contributed by atoms with Crippen LogP contribution in [0.15, 0.2) is 0 Å². The molecule has 0 aromatic carbocycles. The number of hydrogen-bond donors (Lipinski definition) is 2. The molecule has 0 radical (unpaired) electrons. The monoisotopic (exact) mass is 518 g/mol. The summed E-state index contributed by atoms with van der Waals surface area (Å²) in [6.45, 7) is 15.4. The molecule has 200 valence electrons. The van der Waals surface area contributed by atoms with Crippen molar-refractivity contribution in [1.82, 2.24) is 10.6 Å². The second-order valence-corrected chi connectivity index (χ2v) is 12.4. The highest BCUT2D eigenvalue weighted by Gasteiger charge is 2.31. The SMILES string of the molecule is CCC(C)(CC)NCCSC1CCC1SCCNC(=O)COCCOCC(=O)C(C)(CC)CC. The van der Waals surface area contributed by atoms with Gasteiger partial charge in [-0.15, -0.1) is 0 Å². The summed E-state index contributed by atoms with van der Waals surface area (Å²) in [4.78, 5) is 24.1. The molecule has 2 N–H and O–H groups in total. The van der Waals surface area contributed by atoms with Crippen molar-refractivity contribution in [1.29, 1.82) is 0 Å². The Morgan fingerprint density at radius 1 is 0.824 bits per heavy atom. The highest BCUT2D eigenvalue weighted by atomic mass is 32.2. The first-order chi connectivity index (χ1) is 16.2. The number of nitrogens with one attached hydrogen (secondary N) is 2. The van der Waals surface area contributed by atoms with Gasteiger partial charge in [-0.25, -0.2) is 0 Å². The first-order valence-electron chi connectivity index (χ1n) is 13.2. The van der Waals surface area contributed by atoms with Crippen molar-refractivity contribution >= 4 is 35.2 Å². The van der Waals surface area contributed by atoms with Crippen LogP contribution in [0.5, 0.6) is 0 Å². The molecular formula is C26H50N2O4S2. The normalized spacial score (nSPS) is 18.5. The molecule has 1 rings (SSSR count). The van der Waals surface area contributed by atoms with E-state index in [1.165, 1.54) is 31.4 Å². The second kappa shape index (κ2) is 17.2. The molecule has 2 atom stereocenters. The van der Waals surface area contributed by atoms with Crippen LogP contribution < -0.4 is 10.6 Å². The Labute approximate surface area is 217 Å². The molecule has 0 aromatic rings. The number of rotatable bonds is 21. The van der Waals surface area contributed by atoms with Gasteiger partial charge in [0.25, 0.3) is 0 Å². The van der Waals surface area contributed by atoms with E-state index in [0.717, 1.165) is 30.4 Å². The molecule has 0 spiro atoms. The molecule has 6 nitrogen and oxygen atoms in total. The van der Waals surface area contributed by atoms with Gasteiger partial charge in [0.1, 0.15) is 13.2 Å². The Bertz CT molecular complexity index is 583. The lowest BCUT2D eigenvalue weighted by Crippen LogP contribution is -2.42. The number of Topliss-reactive ketones (excluding diaryl/α,β-unsaturated/α-hetero) is 1. The van der Waals surface area contributed by atoms with Gasteiger partial charge < -0.3 is 20.1 Å². The maximum atomic E-state index is 12.2. The summed E-state index contributed by atoms with van der Waals surface area (Å²) >= 11 is 4.08. The van der Waals surface area contributed by atoms with Crippen molar-refractivity contribution in [3.05, 3.63) is 0 Å². The predicted octanol–water partition coefficient (Wildman–Crippen LogP) is 4.70. The number of ether oxygens (including phenoxy) is 2. The summed E-state index contributed by atoms with van der Waals surface area (Å²) in [5.74, 6) is 2.14. The standard InChI is InChI=1S/C26H50N2O4S2/c1-7-25(5,8-2)23(29)19-31-15-16-32-20-24(30)27-13-17-33-21-11-12-22(21)34-18-14-28-26(6,9-3)10-4/h21-22,28H,7-20H2,1-6H3,(H,27,30). The van der Waals surface area contributed by atoms with Crippen molar-refractivity contribution in [3.63, 3.8) is 0 Å². The van der Waals surface area contributed by atoms with Gasteiger partial charge >= 0.3 is 0 Å². The van der Waals surface area contributed by atoms with Crippen LogP contribution in [-0.2, 0) is 19.1 Å². The molecule has 0 saturated heterocycles. The minimum atomic E-state index is -0.306. The van der Waals surface area contributed by atoms with Crippen molar-refractivity contribution in [2.24, 2.45) is 5.41 Å². The van der Waals surface area contributed by atoms with E-state index in [9.17, 15) is 9.59 Å². The zero-order chi connectivity index (χ0) is 25.5. The van der Waals surface area contributed by atoms with Crippen LogP contribution >= 0.6 is 23.5 Å². The van der Waals surface area contributed by atoms with Gasteiger partial charge in [0.2, 0.25) is 5.91 Å². The van der Waals surface area contributed by atoms with E-state index in [2.05, 4.69) is 43.2 Å². The minimum absolute atomic E-state index is 0.0347. The number of thioether (sulfide) groups is 2. The molecule has 1 aliphatic carbocycles. The van der Waals surface area contributed by atoms with Crippen molar-refractivity contribution in [3.8, 4) is 0 Å². The largest absolute Gasteiger partial charge is 0.371 e. The molecule has 0 aromatic heterocycles. The van der Waals surface area contributed by atoms with E-state index in [4.69, 9.17) is 9.47 Å². The van der Waals surface area contributed by atoms with E-state index in [-0.39, 0.29) is 35.9 Å². The van der Waals surface area contributed by atoms with Crippen LogP contribution in [0.25, 0.3) is 0 Å². The first kappa shape index (κ1) is 31.7. The Morgan fingerprint density at radius 2 is 1.35 bits per heavy atom. The van der Waals surface area contributed by atoms with Gasteiger partial charge in [-0.2, -0.15) is 23.5 Å². The third-order valence-electron chi connectivity index (χ3n) is 7.53. The van der Waals surface area contributed by atoms with Gasteiger partial charge in [0, 0.05) is 46.0 Å².